The molecule has 1 saturated heterocycles. The van der Waals surface area contributed by atoms with Crippen LogP contribution in [-0.2, 0) is 10.0 Å². The molecular weight excluding hydrogens is 282 g/mol. The highest BCUT2D eigenvalue weighted by Crippen LogP contribution is 2.21. The first-order chi connectivity index (χ1) is 9.13. The first-order valence-electron chi connectivity index (χ1n) is 5.92. The Bertz CT molecular complexity index is 596. The Morgan fingerprint density at radius 1 is 1.42 bits per heavy atom. The van der Waals surface area contributed by atoms with E-state index in [9.17, 15) is 8.42 Å². The largest absolute Gasteiger partial charge is 0.384 e. The van der Waals surface area contributed by atoms with Gasteiger partial charge in [-0.25, -0.2) is 13.1 Å². The van der Waals surface area contributed by atoms with Crippen LogP contribution < -0.4 is 4.72 Å². The third kappa shape index (κ3) is 3.74. The minimum Gasteiger partial charge on any atom is -0.384 e. The number of aliphatic hydroxyl groups excluding tert-OH is 1. The van der Waals surface area contributed by atoms with Crippen LogP contribution in [-0.4, -0.2) is 37.7 Å². The molecule has 1 aromatic rings. The van der Waals surface area contributed by atoms with Gasteiger partial charge in [-0.1, -0.05) is 24.0 Å². The molecule has 0 aliphatic carbocycles. The second-order valence-corrected chi connectivity index (χ2v) is 6.97. The van der Waals surface area contributed by atoms with Crippen LogP contribution in [0.2, 0.25) is 0 Å². The molecule has 0 radical (unpaired) electrons. The van der Waals surface area contributed by atoms with Crippen LogP contribution in [0.25, 0.3) is 0 Å². The summed E-state index contributed by atoms with van der Waals surface area (Å²) in [6.45, 7) is -0.291. The standard InChI is InChI=1S/C13H15NO3S2/c15-8-3-5-11-4-1-2-6-13(11)19(16,17)14-12-7-9-18-10-12/h1-2,4,6,12,14-15H,7-10H2. The van der Waals surface area contributed by atoms with Crippen molar-refractivity contribution in [2.45, 2.75) is 17.4 Å². The van der Waals surface area contributed by atoms with Gasteiger partial charge in [0.2, 0.25) is 10.0 Å². The Kier molecular flexibility index (Phi) is 4.88. The number of thioether (sulfide) groups is 1. The highest BCUT2D eigenvalue weighted by molar-refractivity contribution is 7.99. The molecule has 2 N–H and O–H groups in total. The summed E-state index contributed by atoms with van der Waals surface area (Å²) < 4.78 is 27.4. The van der Waals surface area contributed by atoms with E-state index in [0.717, 1.165) is 17.9 Å². The van der Waals surface area contributed by atoms with Crippen molar-refractivity contribution >= 4 is 21.8 Å². The monoisotopic (exact) mass is 297 g/mol. The molecule has 6 heteroatoms. The number of hydrogen-bond acceptors (Lipinski definition) is 4. The Morgan fingerprint density at radius 2 is 2.21 bits per heavy atom. The maximum atomic E-state index is 12.3. The third-order valence-corrected chi connectivity index (χ3v) is 5.47. The van der Waals surface area contributed by atoms with Gasteiger partial charge in [0.25, 0.3) is 0 Å². The van der Waals surface area contributed by atoms with E-state index in [4.69, 9.17) is 5.11 Å². The molecule has 102 valence electrons. The predicted molar refractivity (Wildman–Crippen MR) is 76.5 cm³/mol. The van der Waals surface area contributed by atoms with Gasteiger partial charge in [-0.3, -0.25) is 0 Å². The van der Waals surface area contributed by atoms with E-state index in [2.05, 4.69) is 16.6 Å². The number of benzene rings is 1. The van der Waals surface area contributed by atoms with Gasteiger partial charge in [0.05, 0.1) is 4.90 Å². The number of hydrogen-bond donors (Lipinski definition) is 2. The predicted octanol–water partition coefficient (Wildman–Crippen LogP) is 0.814. The molecule has 0 bridgehead atoms. The molecule has 1 aliphatic rings. The third-order valence-electron chi connectivity index (χ3n) is 2.73. The van der Waals surface area contributed by atoms with Crippen LogP contribution in [0.5, 0.6) is 0 Å². The second kappa shape index (κ2) is 6.44. The van der Waals surface area contributed by atoms with E-state index in [1.54, 1.807) is 30.0 Å². The Labute approximate surface area is 117 Å². The quantitative estimate of drug-likeness (QED) is 0.811. The van der Waals surface area contributed by atoms with Gasteiger partial charge >= 0.3 is 0 Å². The highest BCUT2D eigenvalue weighted by Gasteiger charge is 2.24. The molecule has 2 rings (SSSR count). The van der Waals surface area contributed by atoms with Gasteiger partial charge < -0.3 is 5.11 Å². The first-order valence-corrected chi connectivity index (χ1v) is 8.56. The molecule has 19 heavy (non-hydrogen) atoms. The van der Waals surface area contributed by atoms with E-state index in [1.807, 2.05) is 0 Å². The average molecular weight is 297 g/mol. The van der Waals surface area contributed by atoms with Crippen molar-refractivity contribution in [1.82, 2.24) is 4.72 Å². The van der Waals surface area contributed by atoms with Gasteiger partial charge in [0.1, 0.15) is 6.61 Å². The van der Waals surface area contributed by atoms with Crippen LogP contribution in [0, 0.1) is 11.8 Å². The van der Waals surface area contributed by atoms with E-state index in [1.165, 1.54) is 6.07 Å². The summed E-state index contributed by atoms with van der Waals surface area (Å²) in [6, 6.07) is 6.56. The zero-order valence-corrected chi connectivity index (χ0v) is 11.9. The fraction of sp³-hybridized carbons (Fsp3) is 0.385. The summed E-state index contributed by atoms with van der Waals surface area (Å²) in [5.41, 5.74) is 0.412. The summed E-state index contributed by atoms with van der Waals surface area (Å²) >= 11 is 1.75. The molecule has 1 aromatic carbocycles. The van der Waals surface area contributed by atoms with Crippen molar-refractivity contribution in [3.8, 4) is 11.8 Å². The summed E-state index contributed by atoms with van der Waals surface area (Å²) in [5.74, 6) is 6.94. The summed E-state index contributed by atoms with van der Waals surface area (Å²) in [4.78, 5) is 0.174. The fourth-order valence-electron chi connectivity index (χ4n) is 1.85. The number of sulfonamides is 1. The Morgan fingerprint density at radius 3 is 2.89 bits per heavy atom. The lowest BCUT2D eigenvalue weighted by molar-refractivity contribution is 0.350. The molecule has 1 aliphatic heterocycles. The van der Waals surface area contributed by atoms with Gasteiger partial charge in [-0.15, -0.1) is 0 Å². The van der Waals surface area contributed by atoms with Crippen molar-refractivity contribution < 1.29 is 13.5 Å². The minimum absolute atomic E-state index is 0.00569. The molecule has 0 amide bonds. The van der Waals surface area contributed by atoms with Crippen LogP contribution in [0.3, 0.4) is 0 Å². The average Bonchev–Trinajstić information content (AvgIpc) is 2.88. The number of rotatable bonds is 3. The lowest BCUT2D eigenvalue weighted by Gasteiger charge is -2.13. The van der Waals surface area contributed by atoms with Crippen LogP contribution in [0.15, 0.2) is 29.2 Å². The molecule has 1 heterocycles. The molecule has 1 fully saturated rings. The SMILES string of the molecule is O=S(=O)(NC1CCSC1)c1ccccc1C#CCO. The van der Waals surface area contributed by atoms with Gasteiger partial charge in [0.15, 0.2) is 0 Å². The van der Waals surface area contributed by atoms with Gasteiger partial charge in [-0.05, 0) is 24.3 Å². The van der Waals surface area contributed by atoms with Crippen molar-refractivity contribution in [2.24, 2.45) is 0 Å². The number of nitrogens with one attached hydrogen (secondary N) is 1. The van der Waals surface area contributed by atoms with Crippen molar-refractivity contribution in [1.29, 1.82) is 0 Å². The van der Waals surface area contributed by atoms with Gasteiger partial charge in [0, 0.05) is 17.4 Å². The van der Waals surface area contributed by atoms with Crippen molar-refractivity contribution in [3.63, 3.8) is 0 Å². The van der Waals surface area contributed by atoms with E-state index in [-0.39, 0.29) is 17.5 Å². The molecule has 1 unspecified atom stereocenters. The zero-order valence-electron chi connectivity index (χ0n) is 10.3. The lowest BCUT2D eigenvalue weighted by Crippen LogP contribution is -2.34. The smallest absolute Gasteiger partial charge is 0.242 e. The minimum atomic E-state index is -3.55. The number of aliphatic hydroxyl groups is 1. The van der Waals surface area contributed by atoms with E-state index >= 15 is 0 Å². The molecule has 0 saturated carbocycles. The normalized spacial score (nSPS) is 18.9. The Hall–Kier alpha value is -1.00. The molecule has 1 atom stereocenters. The van der Waals surface area contributed by atoms with Gasteiger partial charge in [-0.2, -0.15) is 11.8 Å². The molecule has 0 aromatic heterocycles. The summed E-state index contributed by atoms with van der Waals surface area (Å²) in [7, 11) is -3.55. The van der Waals surface area contributed by atoms with Crippen molar-refractivity contribution in [2.75, 3.05) is 18.1 Å². The van der Waals surface area contributed by atoms with Crippen LogP contribution in [0.1, 0.15) is 12.0 Å². The second-order valence-electron chi connectivity index (χ2n) is 4.14. The fourth-order valence-corrected chi connectivity index (χ4v) is 4.54. The van der Waals surface area contributed by atoms with Crippen molar-refractivity contribution in [3.05, 3.63) is 29.8 Å². The summed E-state index contributed by atoms with van der Waals surface area (Å²) in [6.07, 6.45) is 0.856. The van der Waals surface area contributed by atoms with E-state index in [0.29, 0.717) is 5.56 Å². The molecule has 0 spiro atoms. The Balaban J connectivity index is 2.28. The highest BCUT2D eigenvalue weighted by atomic mass is 32.2. The first kappa shape index (κ1) is 14.4. The lowest BCUT2D eigenvalue weighted by atomic mass is 10.2. The maximum Gasteiger partial charge on any atom is 0.242 e. The maximum absolute atomic E-state index is 12.3. The summed E-state index contributed by atoms with van der Waals surface area (Å²) in [5, 5.41) is 8.71. The van der Waals surface area contributed by atoms with Crippen LogP contribution in [0.4, 0.5) is 0 Å². The molecule has 4 nitrogen and oxygen atoms in total. The topological polar surface area (TPSA) is 66.4 Å². The molecular formula is C13H15NO3S2. The van der Waals surface area contributed by atoms with E-state index < -0.39 is 10.0 Å². The van der Waals surface area contributed by atoms with Crippen LogP contribution >= 0.6 is 11.8 Å². The zero-order chi connectivity index (χ0) is 13.7.